The maximum atomic E-state index is 11.9. The van der Waals surface area contributed by atoms with Crippen molar-refractivity contribution in [2.45, 2.75) is 30.6 Å². The van der Waals surface area contributed by atoms with Crippen molar-refractivity contribution in [2.75, 3.05) is 6.54 Å². The first kappa shape index (κ1) is 18.4. The van der Waals surface area contributed by atoms with Crippen LogP contribution in [0.5, 0.6) is 0 Å². The summed E-state index contributed by atoms with van der Waals surface area (Å²) in [6.07, 6.45) is 4.86. The van der Waals surface area contributed by atoms with E-state index in [1.54, 1.807) is 18.2 Å². The standard InChI is InChI=1S/C19H22N2O4S/c1-13-12-17(13)18-8-4-15(25-18)5-9-19(22)21-11-10-14-2-6-16(7-3-14)26(20,23)24/h2-9,13,17H,10-12H2,1H3,(H,21,22)(H2,20,23,24)/b9-5+. The van der Waals surface area contributed by atoms with Gasteiger partial charge in [-0.25, -0.2) is 13.6 Å². The van der Waals surface area contributed by atoms with E-state index in [4.69, 9.17) is 9.56 Å². The molecule has 6 nitrogen and oxygen atoms in total. The Kier molecular flexibility index (Phi) is 5.29. The van der Waals surface area contributed by atoms with Crippen LogP contribution in [0.15, 0.2) is 51.8 Å². The fourth-order valence-corrected chi connectivity index (χ4v) is 3.28. The lowest BCUT2D eigenvalue weighted by Gasteiger charge is -2.04. The van der Waals surface area contributed by atoms with E-state index in [-0.39, 0.29) is 10.8 Å². The third-order valence-corrected chi connectivity index (χ3v) is 5.42. The maximum Gasteiger partial charge on any atom is 0.244 e. The maximum absolute atomic E-state index is 11.9. The SMILES string of the molecule is CC1CC1c1ccc(/C=C/C(=O)NCCc2ccc(S(N)(=O)=O)cc2)o1. The fourth-order valence-electron chi connectivity index (χ4n) is 2.77. The number of benzene rings is 1. The van der Waals surface area contributed by atoms with Crippen LogP contribution in [-0.4, -0.2) is 20.9 Å². The number of nitrogens with one attached hydrogen (secondary N) is 1. The molecule has 1 amide bonds. The van der Waals surface area contributed by atoms with E-state index >= 15 is 0 Å². The molecule has 1 aromatic carbocycles. The molecular weight excluding hydrogens is 352 g/mol. The minimum Gasteiger partial charge on any atom is -0.461 e. The van der Waals surface area contributed by atoms with Crippen molar-refractivity contribution in [3.8, 4) is 0 Å². The Morgan fingerprint density at radius 2 is 1.96 bits per heavy atom. The second-order valence-corrected chi connectivity index (χ2v) is 8.18. The Labute approximate surface area is 153 Å². The highest BCUT2D eigenvalue weighted by Crippen LogP contribution is 2.47. The average molecular weight is 374 g/mol. The summed E-state index contributed by atoms with van der Waals surface area (Å²) in [7, 11) is -3.68. The van der Waals surface area contributed by atoms with E-state index in [1.807, 2.05) is 12.1 Å². The van der Waals surface area contributed by atoms with Crippen molar-refractivity contribution < 1.29 is 17.6 Å². The van der Waals surface area contributed by atoms with Crippen molar-refractivity contribution in [1.29, 1.82) is 0 Å². The van der Waals surface area contributed by atoms with Crippen LogP contribution in [0.2, 0.25) is 0 Å². The van der Waals surface area contributed by atoms with Crippen molar-refractivity contribution in [3.05, 3.63) is 59.6 Å². The number of nitrogens with two attached hydrogens (primary N) is 1. The van der Waals surface area contributed by atoms with E-state index in [0.717, 1.165) is 17.7 Å². The highest BCUT2D eigenvalue weighted by atomic mass is 32.2. The van der Waals surface area contributed by atoms with Gasteiger partial charge < -0.3 is 9.73 Å². The van der Waals surface area contributed by atoms with Gasteiger partial charge in [0.05, 0.1) is 4.90 Å². The van der Waals surface area contributed by atoms with E-state index in [2.05, 4.69) is 12.2 Å². The van der Waals surface area contributed by atoms with Gasteiger partial charge >= 0.3 is 0 Å². The summed E-state index contributed by atoms with van der Waals surface area (Å²) in [4.78, 5) is 11.9. The Bertz CT molecular complexity index is 913. The number of sulfonamides is 1. The van der Waals surface area contributed by atoms with Crippen LogP contribution in [0.1, 0.15) is 36.3 Å². The molecule has 1 aliphatic rings. The molecule has 2 aromatic rings. The number of hydrogen-bond donors (Lipinski definition) is 2. The van der Waals surface area contributed by atoms with E-state index < -0.39 is 10.0 Å². The van der Waals surface area contributed by atoms with E-state index in [1.165, 1.54) is 18.2 Å². The van der Waals surface area contributed by atoms with Crippen LogP contribution >= 0.6 is 0 Å². The van der Waals surface area contributed by atoms with Crippen molar-refractivity contribution in [1.82, 2.24) is 5.32 Å². The van der Waals surface area contributed by atoms with E-state index in [9.17, 15) is 13.2 Å². The van der Waals surface area contributed by atoms with Crippen molar-refractivity contribution in [3.63, 3.8) is 0 Å². The molecule has 26 heavy (non-hydrogen) atoms. The molecule has 2 unspecified atom stereocenters. The summed E-state index contributed by atoms with van der Waals surface area (Å²) in [5.41, 5.74) is 0.913. The lowest BCUT2D eigenvalue weighted by molar-refractivity contribution is -0.116. The smallest absolute Gasteiger partial charge is 0.244 e. The number of furan rings is 1. The first-order valence-electron chi connectivity index (χ1n) is 8.50. The van der Waals surface area contributed by atoms with Gasteiger partial charge in [-0.05, 0) is 54.7 Å². The predicted octanol–water partition coefficient (Wildman–Crippen LogP) is 2.42. The van der Waals surface area contributed by atoms with Gasteiger partial charge in [0, 0.05) is 18.5 Å². The lowest BCUT2D eigenvalue weighted by atomic mass is 10.1. The lowest BCUT2D eigenvalue weighted by Crippen LogP contribution is -2.23. The molecule has 0 spiro atoms. The van der Waals surface area contributed by atoms with Gasteiger partial charge in [0.15, 0.2) is 0 Å². The first-order valence-corrected chi connectivity index (χ1v) is 10.0. The number of carbonyl (C=O) groups is 1. The molecule has 0 bridgehead atoms. The van der Waals surface area contributed by atoms with Crippen LogP contribution in [-0.2, 0) is 21.2 Å². The number of primary sulfonamides is 1. The molecule has 1 heterocycles. The third kappa shape index (κ3) is 4.83. The topological polar surface area (TPSA) is 102 Å². The summed E-state index contributed by atoms with van der Waals surface area (Å²) in [5, 5.41) is 7.84. The van der Waals surface area contributed by atoms with Crippen LogP contribution in [0.4, 0.5) is 0 Å². The molecule has 1 saturated carbocycles. The fraction of sp³-hybridized carbons (Fsp3) is 0.316. The van der Waals surface area contributed by atoms with Gasteiger partial charge in [-0.2, -0.15) is 0 Å². The van der Waals surface area contributed by atoms with Gasteiger partial charge in [0.2, 0.25) is 15.9 Å². The number of rotatable bonds is 7. The molecule has 2 atom stereocenters. The van der Waals surface area contributed by atoms with Gasteiger partial charge in [-0.15, -0.1) is 0 Å². The molecular formula is C19H22N2O4S. The number of amides is 1. The van der Waals surface area contributed by atoms with Gasteiger partial charge in [0.1, 0.15) is 11.5 Å². The van der Waals surface area contributed by atoms with Gasteiger partial charge in [-0.1, -0.05) is 19.1 Å². The average Bonchev–Trinajstić information content (AvgIpc) is 3.14. The molecule has 0 aliphatic heterocycles. The van der Waals surface area contributed by atoms with Gasteiger partial charge in [0.25, 0.3) is 0 Å². The zero-order chi connectivity index (χ0) is 18.7. The quantitative estimate of drug-likeness (QED) is 0.727. The normalized spacial score (nSPS) is 19.6. The minimum absolute atomic E-state index is 0.0756. The minimum atomic E-state index is -3.68. The van der Waals surface area contributed by atoms with Crippen LogP contribution in [0.25, 0.3) is 6.08 Å². The summed E-state index contributed by atoms with van der Waals surface area (Å²) >= 11 is 0. The largest absolute Gasteiger partial charge is 0.461 e. The Hall–Kier alpha value is -2.38. The second kappa shape index (κ2) is 7.47. The van der Waals surface area contributed by atoms with Crippen molar-refractivity contribution >= 4 is 22.0 Å². The second-order valence-electron chi connectivity index (χ2n) is 6.62. The zero-order valence-corrected chi connectivity index (χ0v) is 15.3. The van der Waals surface area contributed by atoms with Crippen LogP contribution in [0, 0.1) is 5.92 Å². The molecule has 7 heteroatoms. The van der Waals surface area contributed by atoms with Crippen LogP contribution in [0.3, 0.4) is 0 Å². The summed E-state index contributed by atoms with van der Waals surface area (Å²) in [6.45, 7) is 2.64. The predicted molar refractivity (Wildman–Crippen MR) is 98.8 cm³/mol. The van der Waals surface area contributed by atoms with Crippen molar-refractivity contribution in [2.24, 2.45) is 11.1 Å². The molecule has 3 N–H and O–H groups in total. The monoisotopic (exact) mass is 374 g/mol. The first-order chi connectivity index (χ1) is 12.3. The summed E-state index contributed by atoms with van der Waals surface area (Å²) in [6, 6.07) is 10.1. The molecule has 138 valence electrons. The molecule has 1 aromatic heterocycles. The summed E-state index contributed by atoms with van der Waals surface area (Å²) in [5.74, 6) is 2.66. The van der Waals surface area contributed by atoms with Gasteiger partial charge in [-0.3, -0.25) is 4.79 Å². The molecule has 0 saturated heterocycles. The zero-order valence-electron chi connectivity index (χ0n) is 14.5. The molecule has 3 rings (SSSR count). The van der Waals surface area contributed by atoms with Crippen LogP contribution < -0.4 is 10.5 Å². The Balaban J connectivity index is 1.44. The molecule has 0 radical (unpaired) electrons. The highest BCUT2D eigenvalue weighted by molar-refractivity contribution is 7.89. The molecule has 1 aliphatic carbocycles. The highest BCUT2D eigenvalue weighted by Gasteiger charge is 2.36. The Morgan fingerprint density at radius 3 is 2.58 bits per heavy atom. The molecule has 1 fully saturated rings. The third-order valence-electron chi connectivity index (χ3n) is 4.49. The summed E-state index contributed by atoms with van der Waals surface area (Å²) < 4.78 is 28.1. The Morgan fingerprint density at radius 1 is 1.27 bits per heavy atom. The number of carbonyl (C=O) groups excluding carboxylic acids is 1. The number of hydrogen-bond acceptors (Lipinski definition) is 4. The van der Waals surface area contributed by atoms with E-state index in [0.29, 0.717) is 30.6 Å².